The van der Waals surface area contributed by atoms with E-state index in [1.807, 2.05) is 0 Å². The van der Waals surface area contributed by atoms with Crippen LogP contribution >= 0.6 is 0 Å². The second kappa shape index (κ2) is 4.76. The fraction of sp³-hybridized carbons (Fsp3) is 0.583. The smallest absolute Gasteiger partial charge is 0.168 e. The molecule has 0 bridgehead atoms. The summed E-state index contributed by atoms with van der Waals surface area (Å²) in [5.74, 6) is -0.330. The Bertz CT molecular complexity index is 360. The van der Waals surface area contributed by atoms with Gasteiger partial charge in [-0.1, -0.05) is 6.92 Å². The molecular formula is C12H16F2N2. The van der Waals surface area contributed by atoms with Crippen LogP contribution in [0, 0.1) is 17.6 Å². The van der Waals surface area contributed by atoms with E-state index in [4.69, 9.17) is 0 Å². The largest absolute Gasteiger partial charge is 0.365 e. The maximum absolute atomic E-state index is 13.3. The second-order valence-electron chi connectivity index (χ2n) is 4.59. The SMILES string of the molecule is CC1CCC(Nc2ncc(F)cc2F)CC1. The van der Waals surface area contributed by atoms with Gasteiger partial charge in [-0.2, -0.15) is 0 Å². The number of hydrogen-bond donors (Lipinski definition) is 1. The monoisotopic (exact) mass is 226 g/mol. The molecule has 0 amide bonds. The third-order valence-corrected chi connectivity index (χ3v) is 3.16. The minimum atomic E-state index is -0.639. The number of pyridine rings is 1. The summed E-state index contributed by atoms with van der Waals surface area (Å²) in [5.41, 5.74) is 0. The first kappa shape index (κ1) is 11.3. The van der Waals surface area contributed by atoms with Crippen molar-refractivity contribution in [2.24, 2.45) is 5.92 Å². The number of nitrogens with one attached hydrogen (secondary N) is 1. The average molecular weight is 226 g/mol. The summed E-state index contributed by atoms with van der Waals surface area (Å²) in [5, 5.41) is 3.04. The third kappa shape index (κ3) is 2.68. The lowest BCUT2D eigenvalue weighted by atomic mass is 9.87. The third-order valence-electron chi connectivity index (χ3n) is 3.16. The lowest BCUT2D eigenvalue weighted by Gasteiger charge is -2.27. The Morgan fingerprint density at radius 2 is 1.94 bits per heavy atom. The standard InChI is InChI=1S/C12H16F2N2/c1-8-2-4-10(5-3-8)16-12-11(14)6-9(13)7-15-12/h6-8,10H,2-5H2,1H3,(H,15,16). The van der Waals surface area contributed by atoms with Crippen molar-refractivity contribution in [2.75, 3.05) is 5.32 Å². The van der Waals surface area contributed by atoms with E-state index in [-0.39, 0.29) is 11.9 Å². The fourth-order valence-electron chi connectivity index (χ4n) is 2.12. The van der Waals surface area contributed by atoms with Crippen LogP contribution in [0.2, 0.25) is 0 Å². The Kier molecular flexibility index (Phi) is 3.36. The molecule has 1 aromatic rings. The predicted molar refractivity (Wildman–Crippen MR) is 59.2 cm³/mol. The summed E-state index contributed by atoms with van der Waals surface area (Å²) < 4.78 is 26.0. The van der Waals surface area contributed by atoms with E-state index in [2.05, 4.69) is 17.2 Å². The Morgan fingerprint density at radius 1 is 1.25 bits per heavy atom. The molecule has 1 aromatic heterocycles. The van der Waals surface area contributed by atoms with Crippen LogP contribution in [0.15, 0.2) is 12.3 Å². The van der Waals surface area contributed by atoms with E-state index in [1.54, 1.807) is 0 Å². The molecule has 0 aromatic carbocycles. The highest BCUT2D eigenvalue weighted by Gasteiger charge is 2.19. The van der Waals surface area contributed by atoms with Crippen LogP contribution in [0.25, 0.3) is 0 Å². The van der Waals surface area contributed by atoms with Crippen molar-refractivity contribution >= 4 is 5.82 Å². The van der Waals surface area contributed by atoms with Gasteiger partial charge < -0.3 is 5.32 Å². The zero-order chi connectivity index (χ0) is 11.5. The predicted octanol–water partition coefficient (Wildman–Crippen LogP) is 3.35. The molecule has 0 unspecified atom stereocenters. The minimum absolute atomic E-state index is 0.168. The summed E-state index contributed by atoms with van der Waals surface area (Å²) in [6.45, 7) is 2.23. The van der Waals surface area contributed by atoms with Crippen molar-refractivity contribution in [3.8, 4) is 0 Å². The molecule has 88 valence electrons. The van der Waals surface area contributed by atoms with Crippen LogP contribution in [0.3, 0.4) is 0 Å². The second-order valence-corrected chi connectivity index (χ2v) is 4.59. The quantitative estimate of drug-likeness (QED) is 0.836. The van der Waals surface area contributed by atoms with Crippen LogP contribution in [-0.4, -0.2) is 11.0 Å². The zero-order valence-corrected chi connectivity index (χ0v) is 9.34. The highest BCUT2D eigenvalue weighted by molar-refractivity contribution is 5.37. The van der Waals surface area contributed by atoms with E-state index in [9.17, 15) is 8.78 Å². The van der Waals surface area contributed by atoms with E-state index in [0.717, 1.165) is 43.9 Å². The molecule has 4 heteroatoms. The molecule has 2 nitrogen and oxygen atoms in total. The highest BCUT2D eigenvalue weighted by atomic mass is 19.1. The molecule has 16 heavy (non-hydrogen) atoms. The fourth-order valence-corrected chi connectivity index (χ4v) is 2.12. The van der Waals surface area contributed by atoms with Crippen molar-refractivity contribution in [2.45, 2.75) is 38.6 Å². The van der Waals surface area contributed by atoms with Gasteiger partial charge in [0.25, 0.3) is 0 Å². The first-order valence-electron chi connectivity index (χ1n) is 5.72. The molecule has 1 saturated carbocycles. The van der Waals surface area contributed by atoms with Crippen molar-refractivity contribution in [3.63, 3.8) is 0 Å². The van der Waals surface area contributed by atoms with Gasteiger partial charge in [0.2, 0.25) is 0 Å². The molecule has 1 N–H and O–H groups in total. The maximum atomic E-state index is 13.3. The average Bonchev–Trinajstić information content (AvgIpc) is 2.25. The lowest BCUT2D eigenvalue weighted by molar-refractivity contribution is 0.360. The van der Waals surface area contributed by atoms with Gasteiger partial charge in [-0.25, -0.2) is 13.8 Å². The Labute approximate surface area is 94.1 Å². The van der Waals surface area contributed by atoms with Gasteiger partial charge in [-0.05, 0) is 31.6 Å². The molecule has 2 rings (SSSR count). The van der Waals surface area contributed by atoms with Crippen LogP contribution in [0.5, 0.6) is 0 Å². The van der Waals surface area contributed by atoms with Crippen molar-refractivity contribution in [3.05, 3.63) is 23.9 Å². The number of halogens is 2. The van der Waals surface area contributed by atoms with Crippen molar-refractivity contribution in [1.29, 1.82) is 0 Å². The number of anilines is 1. The Hall–Kier alpha value is -1.19. The van der Waals surface area contributed by atoms with Gasteiger partial charge in [0.1, 0.15) is 5.82 Å². The Balaban J connectivity index is 1.98. The molecular weight excluding hydrogens is 210 g/mol. The molecule has 1 aliphatic rings. The maximum Gasteiger partial charge on any atom is 0.168 e. The Morgan fingerprint density at radius 3 is 2.56 bits per heavy atom. The summed E-state index contributed by atoms with van der Waals surface area (Å²) in [6, 6.07) is 1.13. The number of hydrogen-bond acceptors (Lipinski definition) is 2. The molecule has 0 aliphatic heterocycles. The summed E-state index contributed by atoms with van der Waals surface area (Å²) in [4.78, 5) is 3.73. The molecule has 1 aliphatic carbocycles. The topological polar surface area (TPSA) is 24.9 Å². The van der Waals surface area contributed by atoms with Crippen LogP contribution < -0.4 is 5.32 Å². The van der Waals surface area contributed by atoms with E-state index in [1.165, 1.54) is 0 Å². The summed E-state index contributed by atoms with van der Waals surface area (Å²) >= 11 is 0. The van der Waals surface area contributed by atoms with Crippen molar-refractivity contribution < 1.29 is 8.78 Å². The van der Waals surface area contributed by atoms with Gasteiger partial charge in [0.15, 0.2) is 11.6 Å². The van der Waals surface area contributed by atoms with Gasteiger partial charge in [0, 0.05) is 12.1 Å². The molecule has 1 heterocycles. The number of rotatable bonds is 2. The van der Waals surface area contributed by atoms with E-state index >= 15 is 0 Å². The van der Waals surface area contributed by atoms with Gasteiger partial charge in [0.05, 0.1) is 6.20 Å². The summed E-state index contributed by atoms with van der Waals surface area (Å²) in [7, 11) is 0. The normalized spacial score (nSPS) is 25.4. The highest BCUT2D eigenvalue weighted by Crippen LogP contribution is 2.26. The first-order chi connectivity index (χ1) is 7.65. The first-order valence-corrected chi connectivity index (χ1v) is 5.72. The minimum Gasteiger partial charge on any atom is -0.365 e. The van der Waals surface area contributed by atoms with Crippen LogP contribution in [-0.2, 0) is 0 Å². The van der Waals surface area contributed by atoms with Crippen LogP contribution in [0.1, 0.15) is 32.6 Å². The van der Waals surface area contributed by atoms with E-state index in [0.29, 0.717) is 0 Å². The molecule has 0 radical (unpaired) electrons. The van der Waals surface area contributed by atoms with Crippen LogP contribution in [0.4, 0.5) is 14.6 Å². The molecule has 0 spiro atoms. The van der Waals surface area contributed by atoms with E-state index < -0.39 is 11.6 Å². The lowest BCUT2D eigenvalue weighted by Crippen LogP contribution is -2.26. The zero-order valence-electron chi connectivity index (χ0n) is 9.34. The van der Waals surface area contributed by atoms with Crippen molar-refractivity contribution in [1.82, 2.24) is 4.98 Å². The molecule has 0 atom stereocenters. The molecule has 1 fully saturated rings. The van der Waals surface area contributed by atoms with Gasteiger partial charge in [-0.15, -0.1) is 0 Å². The number of aromatic nitrogens is 1. The summed E-state index contributed by atoms with van der Waals surface area (Å²) in [6.07, 6.45) is 5.40. The van der Waals surface area contributed by atoms with Gasteiger partial charge >= 0.3 is 0 Å². The number of nitrogens with zero attached hydrogens (tertiary/aromatic N) is 1. The van der Waals surface area contributed by atoms with Gasteiger partial charge in [-0.3, -0.25) is 0 Å². The molecule has 0 saturated heterocycles.